The van der Waals surface area contributed by atoms with Crippen LogP contribution in [0.25, 0.3) is 0 Å². The monoisotopic (exact) mass is 543 g/mol. The number of carbonyl (C=O) groups excluding carboxylic acids is 2. The molecule has 2 heterocycles. The van der Waals surface area contributed by atoms with E-state index < -0.39 is 35.5 Å². The lowest BCUT2D eigenvalue weighted by molar-refractivity contribution is -0.189. The highest BCUT2D eigenvalue weighted by Crippen LogP contribution is 2.43. The first-order valence-electron chi connectivity index (χ1n) is 11.6. The predicted octanol–water partition coefficient (Wildman–Crippen LogP) is 5.05. The summed E-state index contributed by atoms with van der Waals surface area (Å²) >= 11 is -0.600. The van der Waals surface area contributed by atoms with Crippen LogP contribution in [0.2, 0.25) is 0 Å². The molecule has 1 aliphatic carbocycles. The largest absolute Gasteiger partial charge is 0.482 e. The number of hydrogen-bond donors (Lipinski definition) is 2. The summed E-state index contributed by atoms with van der Waals surface area (Å²) in [6, 6.07) is 10.4. The van der Waals surface area contributed by atoms with Gasteiger partial charge in [0.15, 0.2) is 17.8 Å². The molecule has 0 aromatic heterocycles. The van der Waals surface area contributed by atoms with Gasteiger partial charge in [-0.3, -0.25) is 9.59 Å². The number of nitrogens with one attached hydrogen (secondary N) is 2. The number of piperidine rings is 1. The highest BCUT2D eigenvalue weighted by molar-refractivity contribution is 7.95. The number of anilines is 2. The number of ether oxygens (including phenoxy) is 1. The normalized spacial score (nSPS) is 22.9. The Morgan fingerprint density at radius 3 is 2.65 bits per heavy atom. The molecular formula is C24H22F5N3O4S. The van der Waals surface area contributed by atoms with E-state index in [1.54, 1.807) is 17.0 Å². The van der Waals surface area contributed by atoms with Crippen molar-refractivity contribution in [3.8, 4) is 11.5 Å². The highest BCUT2D eigenvalue weighted by Gasteiger charge is 2.47. The number of carbonyl (C=O) groups is 2. The second-order valence-corrected chi connectivity index (χ2v) is 9.88. The third kappa shape index (κ3) is 5.61. The fraction of sp³-hybridized carbons (Fsp3) is 0.417. The topological polar surface area (TPSA) is 79.9 Å². The predicted molar refractivity (Wildman–Crippen MR) is 126 cm³/mol. The minimum Gasteiger partial charge on any atom is -0.423 e. The molecule has 0 spiro atoms. The second-order valence-electron chi connectivity index (χ2n) is 9.08. The Morgan fingerprint density at radius 2 is 1.92 bits per heavy atom. The third-order valence-electron chi connectivity index (χ3n) is 6.46. The molecule has 0 radical (unpaired) electrons. The number of fused-ring (bicyclic) bond motifs is 1. The lowest BCUT2D eigenvalue weighted by Gasteiger charge is -2.36. The molecule has 2 aromatic carbocycles. The van der Waals surface area contributed by atoms with E-state index in [1.807, 2.05) is 0 Å². The molecule has 3 aliphatic rings. The van der Waals surface area contributed by atoms with Crippen molar-refractivity contribution < 1.29 is 40.5 Å². The zero-order chi connectivity index (χ0) is 26.4. The average Bonchev–Trinajstić information content (AvgIpc) is 3.68. The molecule has 37 heavy (non-hydrogen) atoms. The van der Waals surface area contributed by atoms with Crippen molar-refractivity contribution in [2.45, 2.75) is 42.8 Å². The molecule has 0 bridgehead atoms. The van der Waals surface area contributed by atoms with Gasteiger partial charge in [-0.25, -0.2) is 0 Å². The first-order chi connectivity index (χ1) is 17.5. The number of benzene rings is 2. The summed E-state index contributed by atoms with van der Waals surface area (Å²) in [5, 5.41) is 5.34. The molecule has 0 unspecified atom stereocenters. The zero-order valence-corrected chi connectivity index (χ0v) is 20.0. The first-order valence-corrected chi connectivity index (χ1v) is 12.3. The summed E-state index contributed by atoms with van der Waals surface area (Å²) < 4.78 is 74.3. The van der Waals surface area contributed by atoms with Gasteiger partial charge in [0.25, 0.3) is 0 Å². The Labute approximate surface area is 212 Å². The van der Waals surface area contributed by atoms with Crippen LogP contribution >= 0.6 is 12.0 Å². The number of amides is 2. The van der Waals surface area contributed by atoms with Crippen molar-refractivity contribution in [1.29, 1.82) is 0 Å². The minimum absolute atomic E-state index is 0.0332. The first kappa shape index (κ1) is 25.6. The van der Waals surface area contributed by atoms with E-state index in [-0.39, 0.29) is 35.1 Å². The van der Waals surface area contributed by atoms with Crippen LogP contribution in [0.4, 0.5) is 33.3 Å². The van der Waals surface area contributed by atoms with Gasteiger partial charge in [-0.15, -0.1) is 0 Å². The molecule has 2 N–H and O–H groups in total. The Morgan fingerprint density at radius 1 is 1.14 bits per heavy atom. The van der Waals surface area contributed by atoms with Gasteiger partial charge >= 0.3 is 17.5 Å². The Balaban J connectivity index is 1.40. The van der Waals surface area contributed by atoms with Crippen LogP contribution < -0.4 is 24.5 Å². The van der Waals surface area contributed by atoms with Gasteiger partial charge in [-0.2, -0.15) is 22.0 Å². The van der Waals surface area contributed by atoms with E-state index in [9.17, 15) is 31.5 Å². The quantitative estimate of drug-likeness (QED) is 0.393. The maximum absolute atomic E-state index is 13.9. The summed E-state index contributed by atoms with van der Waals surface area (Å²) in [6.45, 7) is 0.975. The number of halogens is 5. The van der Waals surface area contributed by atoms with Gasteiger partial charge in [-0.05, 0) is 67.6 Å². The van der Waals surface area contributed by atoms with E-state index in [4.69, 9.17) is 4.18 Å². The van der Waals surface area contributed by atoms with E-state index in [0.29, 0.717) is 30.8 Å². The maximum Gasteiger partial charge on any atom is 0.482 e. The van der Waals surface area contributed by atoms with E-state index in [2.05, 4.69) is 15.4 Å². The van der Waals surface area contributed by atoms with Crippen molar-refractivity contribution in [2.75, 3.05) is 23.3 Å². The molecule has 2 aliphatic heterocycles. The Hall–Kier alpha value is -3.06. The molecule has 2 amide bonds. The summed E-state index contributed by atoms with van der Waals surface area (Å²) in [4.78, 5) is 27.2. The van der Waals surface area contributed by atoms with Crippen LogP contribution in [0.3, 0.4) is 0 Å². The van der Waals surface area contributed by atoms with E-state index in [0.717, 1.165) is 12.8 Å². The SMILES string of the molecule is O=C([C@H]1CNCC[C@@H]1c1cccc(OSC(F)(F)F)c1)N(c1ccc2c(c1)NC(=O)C(F)(F)O2)C1CC1. The molecular weight excluding hydrogens is 521 g/mol. The number of rotatable bonds is 6. The fourth-order valence-corrected chi connectivity index (χ4v) is 4.97. The standard InChI is InChI=1S/C24H22F5N3O4S/c25-23(26)22(34)31-19-11-15(6-7-20(19)35-23)32(14-4-5-14)21(33)18-12-30-9-8-17(18)13-2-1-3-16(10-13)36-37-24(27,28)29/h1-3,6-7,10-11,14,17-18,30H,4-5,8-9,12H2,(H,31,34)/t17-,18+/m1/s1. The third-order valence-corrected chi connectivity index (χ3v) is 6.92. The zero-order valence-electron chi connectivity index (χ0n) is 19.2. The lowest BCUT2D eigenvalue weighted by Crippen LogP contribution is -2.47. The van der Waals surface area contributed by atoms with Crippen molar-refractivity contribution in [3.05, 3.63) is 48.0 Å². The summed E-state index contributed by atoms with van der Waals surface area (Å²) in [5.41, 5.74) is -3.40. The molecule has 7 nitrogen and oxygen atoms in total. The van der Waals surface area contributed by atoms with E-state index >= 15 is 0 Å². The van der Waals surface area contributed by atoms with Crippen LogP contribution in [0.15, 0.2) is 42.5 Å². The van der Waals surface area contributed by atoms with Crippen molar-refractivity contribution in [1.82, 2.24) is 5.32 Å². The van der Waals surface area contributed by atoms with E-state index in [1.165, 1.54) is 30.3 Å². The van der Waals surface area contributed by atoms with Gasteiger partial charge in [0.05, 0.1) is 11.6 Å². The highest BCUT2D eigenvalue weighted by atomic mass is 32.2. The summed E-state index contributed by atoms with van der Waals surface area (Å²) in [6.07, 6.45) is -1.90. The van der Waals surface area contributed by atoms with Gasteiger partial charge in [0.1, 0.15) is 5.75 Å². The van der Waals surface area contributed by atoms with Gasteiger partial charge in [0.2, 0.25) is 5.91 Å². The lowest BCUT2D eigenvalue weighted by atomic mass is 9.80. The van der Waals surface area contributed by atoms with Crippen LogP contribution in [0.1, 0.15) is 30.7 Å². The van der Waals surface area contributed by atoms with Gasteiger partial charge in [0, 0.05) is 18.3 Å². The average molecular weight is 544 g/mol. The fourth-order valence-electron chi connectivity index (χ4n) is 4.67. The van der Waals surface area contributed by atoms with Crippen molar-refractivity contribution in [3.63, 3.8) is 0 Å². The number of alkyl halides is 5. The van der Waals surface area contributed by atoms with Crippen molar-refractivity contribution in [2.24, 2.45) is 5.92 Å². The number of nitrogens with zero attached hydrogens (tertiary/aromatic N) is 1. The Bertz CT molecular complexity index is 1210. The maximum atomic E-state index is 13.9. The second kappa shape index (κ2) is 9.67. The molecule has 2 aromatic rings. The molecule has 13 heteroatoms. The summed E-state index contributed by atoms with van der Waals surface area (Å²) in [5.74, 6) is -2.79. The molecule has 2 atom stereocenters. The Kier molecular flexibility index (Phi) is 6.69. The van der Waals surface area contributed by atoms with Crippen LogP contribution in [-0.4, -0.2) is 42.6 Å². The van der Waals surface area contributed by atoms with Crippen molar-refractivity contribution >= 4 is 35.2 Å². The molecule has 2 fully saturated rings. The smallest absolute Gasteiger partial charge is 0.423 e. The van der Waals surface area contributed by atoms with Crippen LogP contribution in [0.5, 0.6) is 11.5 Å². The van der Waals surface area contributed by atoms with Gasteiger partial charge < -0.3 is 24.5 Å². The van der Waals surface area contributed by atoms with Gasteiger partial charge in [-0.1, -0.05) is 12.1 Å². The number of hydrogen-bond acceptors (Lipinski definition) is 6. The molecule has 1 saturated heterocycles. The molecule has 1 saturated carbocycles. The molecule has 198 valence electrons. The van der Waals surface area contributed by atoms with Crippen LogP contribution in [-0.2, 0) is 9.59 Å². The molecule has 5 rings (SSSR count). The minimum atomic E-state index is -4.55. The summed E-state index contributed by atoms with van der Waals surface area (Å²) in [7, 11) is 0. The van der Waals surface area contributed by atoms with Crippen LogP contribution in [0, 0.1) is 5.92 Å².